The third kappa shape index (κ3) is 5.59. The molecular weight excluding hydrogens is 472 g/mol. The number of carbonyl (C=O) groups is 1. The molecule has 0 aliphatic carbocycles. The van der Waals surface area contributed by atoms with Crippen LogP contribution in [-0.2, 0) is 0 Å². The van der Waals surface area contributed by atoms with Gasteiger partial charge in [-0.3, -0.25) is 9.69 Å². The van der Waals surface area contributed by atoms with Gasteiger partial charge < -0.3 is 20.0 Å². The Kier molecular flexibility index (Phi) is 8.18. The van der Waals surface area contributed by atoms with Crippen LogP contribution in [0.3, 0.4) is 0 Å². The normalized spacial score (nSPS) is 22.1. The Hall–Kier alpha value is -2.07. The van der Waals surface area contributed by atoms with Crippen LogP contribution in [0.1, 0.15) is 15.9 Å². The summed E-state index contributed by atoms with van der Waals surface area (Å²) >= 11 is 7.88. The van der Waals surface area contributed by atoms with Gasteiger partial charge in [-0.05, 0) is 31.3 Å². The number of benzene rings is 2. The van der Waals surface area contributed by atoms with Crippen LogP contribution in [0.2, 0.25) is 5.02 Å². The Bertz CT molecular complexity index is 1030. The van der Waals surface area contributed by atoms with E-state index in [-0.39, 0.29) is 5.78 Å². The molecule has 182 valence electrons. The second-order valence-electron chi connectivity index (χ2n) is 8.57. The Morgan fingerprint density at radius 1 is 1.06 bits per heavy atom. The van der Waals surface area contributed by atoms with Gasteiger partial charge in [-0.15, -0.1) is 11.8 Å². The number of aliphatic hydroxyl groups excluding tert-OH is 2. The van der Waals surface area contributed by atoms with Gasteiger partial charge in [-0.25, -0.2) is 4.90 Å². The molecule has 4 rings (SSSR count). The van der Waals surface area contributed by atoms with Crippen molar-refractivity contribution in [1.82, 2.24) is 19.6 Å². The van der Waals surface area contributed by atoms with Crippen molar-refractivity contribution in [3.63, 3.8) is 0 Å². The molecule has 2 aromatic rings. The molecule has 2 aromatic carbocycles. The molecule has 7 nitrogen and oxygen atoms in total. The van der Waals surface area contributed by atoms with Crippen molar-refractivity contribution in [1.29, 1.82) is 0 Å². The number of rotatable bonds is 7. The van der Waals surface area contributed by atoms with Crippen LogP contribution in [0.25, 0.3) is 0 Å². The van der Waals surface area contributed by atoms with Gasteiger partial charge in [0.2, 0.25) is 0 Å². The molecule has 1 fully saturated rings. The summed E-state index contributed by atoms with van der Waals surface area (Å²) in [6.07, 6.45) is 0.128. The molecule has 2 aliphatic rings. The second kappa shape index (κ2) is 11.1. The van der Waals surface area contributed by atoms with Crippen LogP contribution in [-0.4, -0.2) is 101 Å². The monoisotopic (exact) mass is 502 g/mol. The van der Waals surface area contributed by atoms with Crippen molar-refractivity contribution in [2.45, 2.75) is 17.5 Å². The minimum atomic E-state index is -0.850. The highest BCUT2D eigenvalue weighted by molar-refractivity contribution is 7.99. The molecule has 0 spiro atoms. The largest absolute Gasteiger partial charge is 0.374 e. The number of likely N-dealkylation sites (N-methyl/N-ethyl adjacent to an activating group) is 1. The highest BCUT2D eigenvalue weighted by Gasteiger charge is 2.32. The first-order chi connectivity index (χ1) is 16.3. The molecule has 2 aliphatic heterocycles. The molecule has 2 unspecified atom stereocenters. The molecular formula is C25H31ClN4O3S. The van der Waals surface area contributed by atoms with Crippen molar-refractivity contribution < 1.29 is 15.0 Å². The van der Waals surface area contributed by atoms with E-state index in [9.17, 15) is 15.0 Å². The molecule has 0 amide bonds. The fourth-order valence-corrected chi connectivity index (χ4v) is 5.47. The number of nitrogens with zero attached hydrogens (tertiary/aromatic N) is 4. The summed E-state index contributed by atoms with van der Waals surface area (Å²) in [4.78, 5) is 21.9. The summed E-state index contributed by atoms with van der Waals surface area (Å²) in [5.41, 5.74) is 1.30. The van der Waals surface area contributed by atoms with E-state index in [1.54, 1.807) is 35.9 Å². The van der Waals surface area contributed by atoms with E-state index < -0.39 is 12.6 Å². The third-order valence-corrected chi connectivity index (χ3v) is 7.66. The van der Waals surface area contributed by atoms with Crippen LogP contribution in [0, 0.1) is 0 Å². The van der Waals surface area contributed by atoms with E-state index in [2.05, 4.69) is 9.80 Å². The molecule has 0 bridgehead atoms. The second-order valence-corrected chi connectivity index (χ2v) is 10.1. The lowest BCUT2D eigenvalue weighted by molar-refractivity contribution is -0.150. The van der Waals surface area contributed by atoms with E-state index in [4.69, 9.17) is 11.6 Å². The number of thioether (sulfide) groups is 1. The number of hydrogen-bond donors (Lipinski definition) is 2. The van der Waals surface area contributed by atoms with Gasteiger partial charge in [-0.2, -0.15) is 0 Å². The molecule has 0 aromatic heterocycles. The van der Waals surface area contributed by atoms with Gasteiger partial charge >= 0.3 is 0 Å². The predicted molar refractivity (Wildman–Crippen MR) is 136 cm³/mol. The van der Waals surface area contributed by atoms with Crippen LogP contribution >= 0.6 is 23.4 Å². The van der Waals surface area contributed by atoms with Crippen LogP contribution < -0.4 is 0 Å². The van der Waals surface area contributed by atoms with Gasteiger partial charge in [0.1, 0.15) is 12.0 Å². The Balaban J connectivity index is 1.32. The van der Waals surface area contributed by atoms with Gasteiger partial charge in [0, 0.05) is 66.6 Å². The van der Waals surface area contributed by atoms with E-state index in [0.717, 1.165) is 49.2 Å². The van der Waals surface area contributed by atoms with Crippen molar-refractivity contribution in [3.05, 3.63) is 76.6 Å². The maximum Gasteiger partial charge on any atom is 0.194 e. The molecule has 2 atom stereocenters. The maximum atomic E-state index is 13.0. The van der Waals surface area contributed by atoms with E-state index in [1.807, 2.05) is 49.5 Å². The molecule has 2 N–H and O–H groups in total. The minimum absolute atomic E-state index is 0.0147. The summed E-state index contributed by atoms with van der Waals surface area (Å²) in [6, 6.07) is 14.8. The van der Waals surface area contributed by atoms with E-state index in [0.29, 0.717) is 16.1 Å². The van der Waals surface area contributed by atoms with Gasteiger partial charge in [0.05, 0.1) is 0 Å². The molecule has 0 saturated carbocycles. The standard InChI is InChI=1S/C25H31ClN4O3S/c1-27-22(17-23(31)28(2)25(27)33)30-12-10-29(11-13-30)14-15-34-21-9-8-19(26)16-20(21)24(32)18-6-4-3-5-7-18/h3-9,16-17,23,25,31,33H,10-15H2,1-2H3. The topological polar surface area (TPSA) is 70.5 Å². The Morgan fingerprint density at radius 2 is 1.76 bits per heavy atom. The first kappa shape index (κ1) is 25.0. The molecule has 1 saturated heterocycles. The van der Waals surface area contributed by atoms with Crippen LogP contribution in [0.4, 0.5) is 0 Å². The van der Waals surface area contributed by atoms with Gasteiger partial charge in [0.25, 0.3) is 0 Å². The highest BCUT2D eigenvalue weighted by Crippen LogP contribution is 2.28. The molecule has 34 heavy (non-hydrogen) atoms. The third-order valence-electron chi connectivity index (χ3n) is 6.37. The maximum absolute atomic E-state index is 13.0. The summed E-state index contributed by atoms with van der Waals surface area (Å²) < 4.78 is 0. The van der Waals surface area contributed by atoms with Crippen molar-refractivity contribution >= 4 is 29.1 Å². The summed E-state index contributed by atoms with van der Waals surface area (Å²) in [6.45, 7) is 4.34. The lowest BCUT2D eigenvalue weighted by Crippen LogP contribution is -2.57. The van der Waals surface area contributed by atoms with E-state index >= 15 is 0 Å². The Labute approximate surface area is 210 Å². The predicted octanol–water partition coefficient (Wildman–Crippen LogP) is 2.59. The van der Waals surface area contributed by atoms with Gasteiger partial charge in [-0.1, -0.05) is 41.9 Å². The average molecular weight is 503 g/mol. The molecule has 0 radical (unpaired) electrons. The summed E-state index contributed by atoms with van der Waals surface area (Å²) in [5.74, 6) is 1.71. The molecule has 2 heterocycles. The lowest BCUT2D eigenvalue weighted by Gasteiger charge is -2.46. The van der Waals surface area contributed by atoms with Crippen molar-refractivity contribution in [2.75, 3.05) is 52.6 Å². The first-order valence-corrected chi connectivity index (χ1v) is 12.7. The Morgan fingerprint density at radius 3 is 2.47 bits per heavy atom. The van der Waals surface area contributed by atoms with Crippen LogP contribution in [0.5, 0.6) is 0 Å². The summed E-state index contributed by atoms with van der Waals surface area (Å²) in [5, 5.41) is 21.1. The zero-order valence-corrected chi connectivity index (χ0v) is 21.0. The highest BCUT2D eigenvalue weighted by atomic mass is 35.5. The molecule has 9 heteroatoms. The average Bonchev–Trinajstić information content (AvgIpc) is 2.86. The quantitative estimate of drug-likeness (QED) is 0.442. The van der Waals surface area contributed by atoms with Crippen molar-refractivity contribution in [2.24, 2.45) is 0 Å². The zero-order chi connectivity index (χ0) is 24.2. The first-order valence-electron chi connectivity index (χ1n) is 11.4. The zero-order valence-electron chi connectivity index (χ0n) is 19.5. The smallest absolute Gasteiger partial charge is 0.194 e. The summed E-state index contributed by atoms with van der Waals surface area (Å²) in [7, 11) is 3.52. The number of hydrogen-bond acceptors (Lipinski definition) is 8. The fraction of sp³-hybridized carbons (Fsp3) is 0.400. The van der Waals surface area contributed by atoms with E-state index in [1.165, 1.54) is 4.90 Å². The minimum Gasteiger partial charge on any atom is -0.374 e. The lowest BCUT2D eigenvalue weighted by atomic mass is 10.0. The fourth-order valence-electron chi connectivity index (χ4n) is 4.26. The number of aliphatic hydroxyl groups is 2. The van der Waals surface area contributed by atoms with Crippen molar-refractivity contribution in [3.8, 4) is 0 Å². The number of ketones is 1. The van der Waals surface area contributed by atoms with Gasteiger partial charge in [0.15, 0.2) is 12.1 Å². The van der Waals surface area contributed by atoms with Crippen LogP contribution in [0.15, 0.2) is 65.3 Å². The number of carbonyl (C=O) groups excluding carboxylic acids is 1. The SMILES string of the molecule is CN1C(N2CCN(CCSc3ccc(Cl)cc3C(=O)c3ccccc3)CC2)=CC(O)N(C)C1O. The number of piperazine rings is 1. The number of halogens is 1.